The lowest BCUT2D eigenvalue weighted by molar-refractivity contribution is 0.534. The largest absolute Gasteiger partial charge is 0.387 e. The van der Waals surface area contributed by atoms with E-state index in [1.54, 1.807) is 6.92 Å². The van der Waals surface area contributed by atoms with Crippen molar-refractivity contribution in [1.29, 1.82) is 5.41 Å². The van der Waals surface area contributed by atoms with Gasteiger partial charge in [0.15, 0.2) is 0 Å². The van der Waals surface area contributed by atoms with Crippen LogP contribution in [0.2, 0.25) is 0 Å². The van der Waals surface area contributed by atoms with Gasteiger partial charge in [-0.25, -0.2) is 4.99 Å². The Labute approximate surface area is 92.7 Å². The van der Waals surface area contributed by atoms with Gasteiger partial charge in [-0.3, -0.25) is 5.41 Å². The van der Waals surface area contributed by atoms with Gasteiger partial charge in [-0.1, -0.05) is 38.5 Å². The molecule has 3 nitrogen and oxygen atoms in total. The molecule has 1 aliphatic carbocycles. The first kappa shape index (κ1) is 12.2. The van der Waals surface area contributed by atoms with E-state index in [0.29, 0.717) is 17.6 Å². The summed E-state index contributed by atoms with van der Waals surface area (Å²) in [7, 11) is 0. The van der Waals surface area contributed by atoms with E-state index < -0.39 is 0 Å². The second kappa shape index (κ2) is 6.59. The van der Waals surface area contributed by atoms with Crippen molar-refractivity contribution in [3.05, 3.63) is 0 Å². The highest BCUT2D eigenvalue weighted by Gasteiger charge is 2.14. The van der Waals surface area contributed by atoms with Crippen molar-refractivity contribution in [2.75, 3.05) is 0 Å². The highest BCUT2D eigenvalue weighted by molar-refractivity contribution is 5.94. The number of hydrogen-bond donors (Lipinski definition) is 2. The number of rotatable bonds is 1. The Morgan fingerprint density at radius 3 is 2.00 bits per heavy atom. The van der Waals surface area contributed by atoms with Crippen LogP contribution in [0.15, 0.2) is 4.99 Å². The Morgan fingerprint density at radius 1 is 1.07 bits per heavy atom. The van der Waals surface area contributed by atoms with Crippen LogP contribution in [0.25, 0.3) is 0 Å². The quantitative estimate of drug-likeness (QED) is 0.506. The van der Waals surface area contributed by atoms with Crippen LogP contribution in [0, 0.1) is 11.3 Å². The van der Waals surface area contributed by atoms with E-state index in [1.165, 1.54) is 38.5 Å². The number of nitrogens with zero attached hydrogens (tertiary/aromatic N) is 1. The van der Waals surface area contributed by atoms with Crippen LogP contribution in [0.5, 0.6) is 0 Å². The average Bonchev–Trinajstić information content (AvgIpc) is 2.29. The van der Waals surface area contributed by atoms with Gasteiger partial charge in [0.1, 0.15) is 11.7 Å². The minimum Gasteiger partial charge on any atom is -0.387 e. The fraction of sp³-hybridized carbons (Fsp3) is 0.833. The molecule has 1 saturated carbocycles. The summed E-state index contributed by atoms with van der Waals surface area (Å²) in [6.45, 7) is 1.68. The molecule has 3 heteroatoms. The Kier molecular flexibility index (Phi) is 5.37. The van der Waals surface area contributed by atoms with Crippen molar-refractivity contribution in [3.8, 4) is 0 Å². The van der Waals surface area contributed by atoms with E-state index in [1.807, 2.05) is 0 Å². The average molecular weight is 209 g/mol. The Morgan fingerprint density at radius 2 is 1.53 bits per heavy atom. The molecule has 0 saturated heterocycles. The molecule has 0 bridgehead atoms. The molecule has 0 radical (unpaired) electrons. The lowest BCUT2D eigenvalue weighted by atomic mass is 9.96. The molecule has 0 aromatic carbocycles. The lowest BCUT2D eigenvalue weighted by Crippen LogP contribution is -2.24. The van der Waals surface area contributed by atoms with Crippen molar-refractivity contribution in [2.45, 2.75) is 58.3 Å². The van der Waals surface area contributed by atoms with Gasteiger partial charge in [-0.05, 0) is 19.8 Å². The van der Waals surface area contributed by atoms with E-state index >= 15 is 0 Å². The standard InChI is InChI=1S/C12H23N3/c1-10(13)15-12(14)11-8-6-4-2-3-5-7-9-11/h11H,2-9H2,1H3,(H3,13,14,15). The van der Waals surface area contributed by atoms with Crippen LogP contribution in [-0.4, -0.2) is 11.7 Å². The van der Waals surface area contributed by atoms with Crippen LogP contribution < -0.4 is 5.73 Å². The van der Waals surface area contributed by atoms with Gasteiger partial charge in [-0.2, -0.15) is 0 Å². The number of nitrogens with one attached hydrogen (secondary N) is 1. The monoisotopic (exact) mass is 209 g/mol. The van der Waals surface area contributed by atoms with Crippen molar-refractivity contribution >= 4 is 11.7 Å². The minimum absolute atomic E-state index is 0.326. The molecule has 0 atom stereocenters. The summed E-state index contributed by atoms with van der Waals surface area (Å²) >= 11 is 0. The first-order valence-corrected chi connectivity index (χ1v) is 6.09. The predicted octanol–water partition coefficient (Wildman–Crippen LogP) is 3.09. The molecule has 0 aromatic rings. The summed E-state index contributed by atoms with van der Waals surface area (Å²) < 4.78 is 0. The summed E-state index contributed by atoms with van der Waals surface area (Å²) in [5, 5.41) is 7.32. The molecule has 86 valence electrons. The van der Waals surface area contributed by atoms with Crippen molar-refractivity contribution in [2.24, 2.45) is 16.6 Å². The van der Waals surface area contributed by atoms with Crippen molar-refractivity contribution in [3.63, 3.8) is 0 Å². The molecule has 0 amide bonds. The molecule has 0 heterocycles. The third-order valence-electron chi connectivity index (χ3n) is 3.07. The zero-order valence-corrected chi connectivity index (χ0v) is 9.76. The third kappa shape index (κ3) is 4.96. The fourth-order valence-electron chi connectivity index (χ4n) is 2.21. The van der Waals surface area contributed by atoms with Gasteiger partial charge in [0.05, 0.1) is 0 Å². The number of nitrogens with two attached hydrogens (primary N) is 1. The van der Waals surface area contributed by atoms with Gasteiger partial charge in [-0.15, -0.1) is 0 Å². The van der Waals surface area contributed by atoms with E-state index in [2.05, 4.69) is 4.99 Å². The Balaban J connectivity index is 2.52. The minimum atomic E-state index is 0.326. The van der Waals surface area contributed by atoms with E-state index in [0.717, 1.165) is 12.8 Å². The fourth-order valence-corrected chi connectivity index (χ4v) is 2.21. The predicted molar refractivity (Wildman–Crippen MR) is 65.4 cm³/mol. The van der Waals surface area contributed by atoms with Gasteiger partial charge in [0, 0.05) is 5.92 Å². The third-order valence-corrected chi connectivity index (χ3v) is 3.07. The first-order valence-electron chi connectivity index (χ1n) is 6.09. The number of aliphatic imine (C=N–C) groups is 1. The zero-order valence-electron chi connectivity index (χ0n) is 9.76. The maximum absolute atomic E-state index is 7.32. The second-order valence-electron chi connectivity index (χ2n) is 4.52. The SMILES string of the molecule is CC(=N)/N=C(\N)C1CCCCCCCC1. The summed E-state index contributed by atoms with van der Waals surface area (Å²) in [5.74, 6) is 1.43. The Bertz CT molecular complexity index is 223. The molecule has 3 N–H and O–H groups in total. The normalized spacial score (nSPS) is 21.5. The van der Waals surface area contributed by atoms with E-state index in [9.17, 15) is 0 Å². The molecule has 0 unspecified atom stereocenters. The Hall–Kier alpha value is -0.860. The summed E-state index contributed by atoms with van der Waals surface area (Å²) in [6, 6.07) is 0. The summed E-state index contributed by atoms with van der Waals surface area (Å²) in [6.07, 6.45) is 10.2. The molecule has 1 rings (SSSR count). The molecule has 0 aliphatic heterocycles. The zero-order chi connectivity index (χ0) is 11.1. The van der Waals surface area contributed by atoms with Crippen LogP contribution >= 0.6 is 0 Å². The molecule has 1 fully saturated rings. The summed E-state index contributed by atoms with van der Waals surface area (Å²) in [4.78, 5) is 4.08. The topological polar surface area (TPSA) is 62.2 Å². The molecule has 0 spiro atoms. The highest BCUT2D eigenvalue weighted by Crippen LogP contribution is 2.21. The van der Waals surface area contributed by atoms with E-state index in [-0.39, 0.29) is 0 Å². The van der Waals surface area contributed by atoms with Crippen molar-refractivity contribution in [1.82, 2.24) is 0 Å². The molecule has 15 heavy (non-hydrogen) atoms. The molecular weight excluding hydrogens is 186 g/mol. The molecule has 0 aromatic heterocycles. The first-order chi connectivity index (χ1) is 7.20. The van der Waals surface area contributed by atoms with Crippen LogP contribution in [0.4, 0.5) is 0 Å². The second-order valence-corrected chi connectivity index (χ2v) is 4.52. The van der Waals surface area contributed by atoms with Gasteiger partial charge < -0.3 is 5.73 Å². The van der Waals surface area contributed by atoms with Crippen molar-refractivity contribution < 1.29 is 0 Å². The number of amidine groups is 2. The van der Waals surface area contributed by atoms with Crippen LogP contribution in [0.1, 0.15) is 58.3 Å². The maximum Gasteiger partial charge on any atom is 0.119 e. The molecular formula is C12H23N3. The lowest BCUT2D eigenvalue weighted by Gasteiger charge is -2.14. The van der Waals surface area contributed by atoms with Gasteiger partial charge in [0.2, 0.25) is 0 Å². The van der Waals surface area contributed by atoms with E-state index in [4.69, 9.17) is 11.1 Å². The molecule has 1 aliphatic rings. The van der Waals surface area contributed by atoms with Gasteiger partial charge >= 0.3 is 0 Å². The maximum atomic E-state index is 7.32. The van der Waals surface area contributed by atoms with Crippen LogP contribution in [-0.2, 0) is 0 Å². The smallest absolute Gasteiger partial charge is 0.119 e. The van der Waals surface area contributed by atoms with Crippen LogP contribution in [0.3, 0.4) is 0 Å². The van der Waals surface area contributed by atoms with Gasteiger partial charge in [0.25, 0.3) is 0 Å². The highest BCUT2D eigenvalue weighted by atomic mass is 14.9. The number of hydrogen-bond acceptors (Lipinski definition) is 1. The summed E-state index contributed by atoms with van der Waals surface area (Å²) in [5.41, 5.74) is 5.93.